The number of anilines is 1. The molecule has 0 aliphatic carbocycles. The lowest BCUT2D eigenvalue weighted by atomic mass is 10.6. The zero-order valence-electron chi connectivity index (χ0n) is 10.0. The molecule has 0 radical (unpaired) electrons. The molecule has 18 heavy (non-hydrogen) atoms. The molecule has 8 nitrogen and oxygen atoms in total. The Hall–Kier alpha value is -1.87. The van der Waals surface area contributed by atoms with Crippen LogP contribution in [-0.2, 0) is 30.7 Å². The minimum absolute atomic E-state index is 0.0233. The summed E-state index contributed by atoms with van der Waals surface area (Å²) in [6, 6.07) is 0. The molecule has 0 aromatic carbocycles. The molecule has 2 heterocycles. The highest BCUT2D eigenvalue weighted by Gasteiger charge is 2.20. The van der Waals surface area contributed by atoms with Crippen molar-refractivity contribution in [1.29, 1.82) is 0 Å². The smallest absolute Gasteiger partial charge is 0.246 e. The summed E-state index contributed by atoms with van der Waals surface area (Å²) in [6.07, 6.45) is 4.69. The Morgan fingerprint density at radius 3 is 2.67 bits per heavy atom. The first kappa shape index (κ1) is 12.6. The van der Waals surface area contributed by atoms with Gasteiger partial charge in [0.05, 0.1) is 6.54 Å². The number of sulfonamides is 1. The second kappa shape index (κ2) is 4.42. The van der Waals surface area contributed by atoms with Gasteiger partial charge in [-0.2, -0.15) is 5.10 Å². The summed E-state index contributed by atoms with van der Waals surface area (Å²) in [4.78, 5) is 4.00. The Morgan fingerprint density at radius 2 is 2.17 bits per heavy atom. The number of nitrogens with two attached hydrogens (primary N) is 1. The molecule has 98 valence electrons. The molecule has 2 aromatic rings. The molecule has 0 atom stereocenters. The van der Waals surface area contributed by atoms with Gasteiger partial charge < -0.3 is 10.3 Å². The predicted molar refractivity (Wildman–Crippen MR) is 64.9 cm³/mol. The van der Waals surface area contributed by atoms with Gasteiger partial charge in [0.25, 0.3) is 0 Å². The standard InChI is InChI=1S/C9H14N6O2S/c1-14-4-3-11-8(14)5-12-18(16,17)7-6-15(2)13-9(7)10/h3-4,6,12H,5H2,1-2H3,(H2,10,13). The van der Waals surface area contributed by atoms with Crippen LogP contribution in [0.5, 0.6) is 0 Å². The van der Waals surface area contributed by atoms with Crippen LogP contribution in [0.3, 0.4) is 0 Å². The van der Waals surface area contributed by atoms with E-state index in [4.69, 9.17) is 5.73 Å². The molecule has 0 fully saturated rings. The van der Waals surface area contributed by atoms with Gasteiger partial charge in [-0.25, -0.2) is 18.1 Å². The van der Waals surface area contributed by atoms with Crippen molar-refractivity contribution in [3.05, 3.63) is 24.4 Å². The lowest BCUT2D eigenvalue weighted by Gasteiger charge is -2.05. The van der Waals surface area contributed by atoms with E-state index in [9.17, 15) is 8.42 Å². The summed E-state index contributed by atoms with van der Waals surface area (Å²) in [6.45, 7) is 0.0974. The van der Waals surface area contributed by atoms with Crippen molar-refractivity contribution in [3.8, 4) is 0 Å². The minimum atomic E-state index is -3.67. The zero-order chi connectivity index (χ0) is 13.3. The summed E-state index contributed by atoms with van der Waals surface area (Å²) in [7, 11) is -0.283. The van der Waals surface area contributed by atoms with Gasteiger partial charge in [0.1, 0.15) is 10.7 Å². The van der Waals surface area contributed by atoms with E-state index in [1.165, 1.54) is 10.9 Å². The first-order valence-electron chi connectivity index (χ1n) is 5.15. The Kier molecular flexibility index (Phi) is 3.09. The van der Waals surface area contributed by atoms with Crippen LogP contribution < -0.4 is 10.5 Å². The highest BCUT2D eigenvalue weighted by Crippen LogP contribution is 2.15. The van der Waals surface area contributed by atoms with E-state index in [0.29, 0.717) is 5.82 Å². The second-order valence-corrected chi connectivity index (χ2v) is 5.57. The summed E-state index contributed by atoms with van der Waals surface area (Å²) < 4.78 is 29.5. The van der Waals surface area contributed by atoms with E-state index < -0.39 is 10.0 Å². The fraction of sp³-hybridized carbons (Fsp3) is 0.333. The third-order valence-corrected chi connectivity index (χ3v) is 3.87. The summed E-state index contributed by atoms with van der Waals surface area (Å²) in [5, 5.41) is 3.79. The molecule has 0 spiro atoms. The summed E-state index contributed by atoms with van der Waals surface area (Å²) in [5.41, 5.74) is 5.53. The van der Waals surface area contributed by atoms with Crippen LogP contribution in [-0.4, -0.2) is 27.7 Å². The number of rotatable bonds is 4. The van der Waals surface area contributed by atoms with Crippen LogP contribution in [0.1, 0.15) is 5.82 Å². The van der Waals surface area contributed by atoms with Gasteiger partial charge in [-0.15, -0.1) is 0 Å². The normalized spacial score (nSPS) is 11.9. The Bertz CT molecular complexity index is 656. The van der Waals surface area contributed by atoms with E-state index in [0.717, 1.165) is 0 Å². The van der Waals surface area contributed by atoms with E-state index >= 15 is 0 Å². The average Bonchev–Trinajstić information content (AvgIpc) is 2.82. The van der Waals surface area contributed by atoms with Gasteiger partial charge in [0.2, 0.25) is 10.0 Å². The maximum absolute atomic E-state index is 12.0. The molecule has 0 amide bonds. The minimum Gasteiger partial charge on any atom is -0.381 e. The third-order valence-electron chi connectivity index (χ3n) is 2.45. The number of hydrogen-bond donors (Lipinski definition) is 2. The fourth-order valence-electron chi connectivity index (χ4n) is 1.50. The van der Waals surface area contributed by atoms with E-state index in [1.807, 2.05) is 0 Å². The van der Waals surface area contributed by atoms with Crippen molar-refractivity contribution >= 4 is 15.8 Å². The van der Waals surface area contributed by atoms with E-state index in [-0.39, 0.29) is 17.3 Å². The fourth-order valence-corrected chi connectivity index (χ4v) is 2.58. The number of aryl methyl sites for hydroxylation is 2. The molecule has 2 aromatic heterocycles. The molecule has 0 bridgehead atoms. The molecule has 0 saturated carbocycles. The SMILES string of the molecule is Cn1cc(S(=O)(=O)NCc2nccn2C)c(N)n1. The monoisotopic (exact) mass is 270 g/mol. The van der Waals surface area contributed by atoms with E-state index in [1.54, 1.807) is 31.1 Å². The van der Waals surface area contributed by atoms with Crippen molar-refractivity contribution in [2.24, 2.45) is 14.1 Å². The topological polar surface area (TPSA) is 108 Å². The van der Waals surface area contributed by atoms with E-state index in [2.05, 4.69) is 14.8 Å². The lowest BCUT2D eigenvalue weighted by molar-refractivity contribution is 0.577. The molecular weight excluding hydrogens is 256 g/mol. The predicted octanol–water partition coefficient (Wildman–Crippen LogP) is -0.786. The second-order valence-electron chi connectivity index (χ2n) is 3.83. The maximum atomic E-state index is 12.0. The molecule has 3 N–H and O–H groups in total. The first-order valence-corrected chi connectivity index (χ1v) is 6.63. The molecule has 0 aliphatic rings. The summed E-state index contributed by atoms with van der Waals surface area (Å²) >= 11 is 0. The van der Waals surface area contributed by atoms with Crippen LogP contribution >= 0.6 is 0 Å². The van der Waals surface area contributed by atoms with Crippen LogP contribution in [0.25, 0.3) is 0 Å². The van der Waals surface area contributed by atoms with Gasteiger partial charge in [0.15, 0.2) is 5.82 Å². The Balaban J connectivity index is 2.18. The van der Waals surface area contributed by atoms with Gasteiger partial charge in [-0.05, 0) is 0 Å². The van der Waals surface area contributed by atoms with Crippen LogP contribution in [0.4, 0.5) is 5.82 Å². The van der Waals surface area contributed by atoms with Gasteiger partial charge in [0, 0.05) is 32.7 Å². The quantitative estimate of drug-likeness (QED) is 0.757. The van der Waals surface area contributed by atoms with Crippen molar-refractivity contribution in [2.45, 2.75) is 11.4 Å². The molecule has 2 rings (SSSR count). The van der Waals surface area contributed by atoms with Gasteiger partial charge in [-0.1, -0.05) is 0 Å². The highest BCUT2D eigenvalue weighted by molar-refractivity contribution is 7.89. The van der Waals surface area contributed by atoms with Crippen LogP contribution in [0.2, 0.25) is 0 Å². The number of hydrogen-bond acceptors (Lipinski definition) is 5. The Morgan fingerprint density at radius 1 is 1.44 bits per heavy atom. The van der Waals surface area contributed by atoms with Crippen molar-refractivity contribution in [1.82, 2.24) is 24.1 Å². The van der Waals surface area contributed by atoms with Gasteiger partial charge >= 0.3 is 0 Å². The van der Waals surface area contributed by atoms with Crippen molar-refractivity contribution in [3.63, 3.8) is 0 Å². The molecule has 0 unspecified atom stereocenters. The van der Waals surface area contributed by atoms with Crippen molar-refractivity contribution in [2.75, 3.05) is 5.73 Å². The average molecular weight is 270 g/mol. The number of nitrogens with zero attached hydrogens (tertiary/aromatic N) is 4. The number of nitrogen functional groups attached to an aromatic ring is 1. The van der Waals surface area contributed by atoms with Crippen LogP contribution in [0, 0.1) is 0 Å². The highest BCUT2D eigenvalue weighted by atomic mass is 32.2. The number of aromatic nitrogens is 4. The lowest BCUT2D eigenvalue weighted by Crippen LogP contribution is -2.25. The molecule has 0 saturated heterocycles. The van der Waals surface area contributed by atoms with Crippen LogP contribution in [0.15, 0.2) is 23.5 Å². The maximum Gasteiger partial charge on any atom is 0.246 e. The first-order chi connectivity index (χ1) is 8.40. The Labute approximate surface area is 104 Å². The van der Waals surface area contributed by atoms with Crippen molar-refractivity contribution < 1.29 is 8.42 Å². The largest absolute Gasteiger partial charge is 0.381 e. The molecule has 9 heteroatoms. The number of imidazole rings is 1. The molecule has 0 aliphatic heterocycles. The molecular formula is C9H14N6O2S. The number of nitrogens with one attached hydrogen (secondary N) is 1. The zero-order valence-corrected chi connectivity index (χ0v) is 10.8. The summed E-state index contributed by atoms with van der Waals surface area (Å²) in [5.74, 6) is 0.589. The third kappa shape index (κ3) is 2.36. The van der Waals surface area contributed by atoms with Gasteiger partial charge in [-0.3, -0.25) is 4.68 Å².